The molecule has 0 amide bonds. The molecule has 0 aliphatic rings. The number of phenols is 1. The SMILES string of the molecule is COc1cc(Cl)cc(C(=O)CN)c1O. The number of aromatic hydroxyl groups is 1. The molecule has 0 aliphatic heterocycles. The monoisotopic (exact) mass is 215 g/mol. The van der Waals surface area contributed by atoms with Crippen molar-refractivity contribution in [2.24, 2.45) is 5.73 Å². The van der Waals surface area contributed by atoms with E-state index in [0.29, 0.717) is 5.02 Å². The summed E-state index contributed by atoms with van der Waals surface area (Å²) in [5.74, 6) is -0.454. The van der Waals surface area contributed by atoms with E-state index < -0.39 is 0 Å². The summed E-state index contributed by atoms with van der Waals surface area (Å²) >= 11 is 5.72. The Morgan fingerprint density at radius 2 is 2.29 bits per heavy atom. The molecule has 1 aromatic carbocycles. The summed E-state index contributed by atoms with van der Waals surface area (Å²) in [5.41, 5.74) is 5.25. The molecule has 0 atom stereocenters. The Morgan fingerprint density at radius 1 is 1.64 bits per heavy atom. The molecule has 4 nitrogen and oxygen atoms in total. The Morgan fingerprint density at radius 3 is 2.79 bits per heavy atom. The van der Waals surface area contributed by atoms with Crippen LogP contribution in [-0.2, 0) is 0 Å². The van der Waals surface area contributed by atoms with E-state index in [1.165, 1.54) is 19.2 Å². The molecule has 0 heterocycles. The highest BCUT2D eigenvalue weighted by molar-refractivity contribution is 6.31. The average molecular weight is 216 g/mol. The zero-order valence-electron chi connectivity index (χ0n) is 7.58. The number of hydrogen-bond donors (Lipinski definition) is 2. The van der Waals surface area contributed by atoms with Crippen LogP contribution in [0.5, 0.6) is 11.5 Å². The van der Waals surface area contributed by atoms with Gasteiger partial charge in [-0.1, -0.05) is 11.6 Å². The fourth-order valence-corrected chi connectivity index (χ4v) is 1.26. The molecule has 0 aliphatic carbocycles. The standard InChI is InChI=1S/C9H10ClNO3/c1-14-8-3-5(10)2-6(9(8)13)7(12)4-11/h2-3,13H,4,11H2,1H3. The number of hydrogen-bond acceptors (Lipinski definition) is 4. The van der Waals surface area contributed by atoms with Gasteiger partial charge in [-0.15, -0.1) is 0 Å². The van der Waals surface area contributed by atoms with Crippen molar-refractivity contribution < 1.29 is 14.6 Å². The Bertz CT molecular complexity index is 365. The topological polar surface area (TPSA) is 72.5 Å². The number of carbonyl (C=O) groups excluding carboxylic acids is 1. The molecule has 0 saturated carbocycles. The Labute approximate surface area is 86.2 Å². The summed E-state index contributed by atoms with van der Waals surface area (Å²) < 4.78 is 4.83. The summed E-state index contributed by atoms with van der Waals surface area (Å²) in [5, 5.41) is 9.87. The third-order valence-electron chi connectivity index (χ3n) is 1.75. The lowest BCUT2D eigenvalue weighted by Gasteiger charge is -2.07. The lowest BCUT2D eigenvalue weighted by molar-refractivity contribution is 0.0998. The van der Waals surface area contributed by atoms with Gasteiger partial charge in [0.1, 0.15) is 0 Å². The quantitative estimate of drug-likeness (QED) is 0.743. The maximum atomic E-state index is 11.3. The highest BCUT2D eigenvalue weighted by Crippen LogP contribution is 2.33. The van der Waals surface area contributed by atoms with E-state index in [9.17, 15) is 9.90 Å². The van der Waals surface area contributed by atoms with Gasteiger partial charge in [-0.05, 0) is 6.07 Å². The van der Waals surface area contributed by atoms with Gasteiger partial charge in [0.15, 0.2) is 17.3 Å². The van der Waals surface area contributed by atoms with Crippen LogP contribution in [0.1, 0.15) is 10.4 Å². The first kappa shape index (κ1) is 10.8. The van der Waals surface area contributed by atoms with Crippen LogP contribution in [0.2, 0.25) is 5.02 Å². The zero-order chi connectivity index (χ0) is 10.7. The third-order valence-corrected chi connectivity index (χ3v) is 1.96. The van der Waals surface area contributed by atoms with Crippen molar-refractivity contribution in [1.29, 1.82) is 0 Å². The molecule has 5 heteroatoms. The second kappa shape index (κ2) is 4.30. The number of halogens is 1. The van der Waals surface area contributed by atoms with E-state index in [1.54, 1.807) is 0 Å². The normalized spacial score (nSPS) is 9.93. The molecule has 3 N–H and O–H groups in total. The average Bonchev–Trinajstić information content (AvgIpc) is 2.19. The largest absolute Gasteiger partial charge is 0.504 e. The number of methoxy groups -OCH3 is 1. The Hall–Kier alpha value is -1.26. The minimum absolute atomic E-state index is 0.0804. The van der Waals surface area contributed by atoms with Crippen LogP contribution in [0.15, 0.2) is 12.1 Å². The minimum atomic E-state index is -0.386. The van der Waals surface area contributed by atoms with Crippen LogP contribution < -0.4 is 10.5 Å². The van der Waals surface area contributed by atoms with Gasteiger partial charge in [-0.3, -0.25) is 4.79 Å². The lowest BCUT2D eigenvalue weighted by atomic mass is 10.1. The first-order valence-corrected chi connectivity index (χ1v) is 4.27. The zero-order valence-corrected chi connectivity index (χ0v) is 8.34. The predicted molar refractivity (Wildman–Crippen MR) is 53.1 cm³/mol. The van der Waals surface area contributed by atoms with Crippen molar-refractivity contribution in [3.63, 3.8) is 0 Å². The van der Waals surface area contributed by atoms with Crippen molar-refractivity contribution >= 4 is 17.4 Å². The minimum Gasteiger partial charge on any atom is -0.504 e. The maximum absolute atomic E-state index is 11.3. The molecule has 0 saturated heterocycles. The van der Waals surface area contributed by atoms with Crippen LogP contribution in [0.4, 0.5) is 0 Å². The highest BCUT2D eigenvalue weighted by Gasteiger charge is 2.15. The maximum Gasteiger partial charge on any atom is 0.180 e. The number of benzene rings is 1. The van der Waals surface area contributed by atoms with E-state index in [0.717, 1.165) is 0 Å². The molecule has 1 aromatic rings. The summed E-state index contributed by atoms with van der Waals surface area (Å²) in [6.07, 6.45) is 0. The molecule has 76 valence electrons. The molecule has 0 spiro atoms. The number of carbonyl (C=O) groups is 1. The number of ketones is 1. The van der Waals surface area contributed by atoms with Gasteiger partial charge in [0.25, 0.3) is 0 Å². The van der Waals surface area contributed by atoms with E-state index in [1.807, 2.05) is 0 Å². The van der Waals surface area contributed by atoms with Gasteiger partial charge in [0.2, 0.25) is 0 Å². The fourth-order valence-electron chi connectivity index (χ4n) is 1.05. The van der Waals surface area contributed by atoms with Gasteiger partial charge in [-0.25, -0.2) is 0 Å². The molecule has 0 aromatic heterocycles. The summed E-state index contributed by atoms with van der Waals surface area (Å²) in [4.78, 5) is 11.3. The van der Waals surface area contributed by atoms with Crippen molar-refractivity contribution in [1.82, 2.24) is 0 Å². The van der Waals surface area contributed by atoms with Gasteiger partial charge < -0.3 is 15.6 Å². The van der Waals surface area contributed by atoms with Crippen molar-refractivity contribution in [3.05, 3.63) is 22.7 Å². The number of rotatable bonds is 3. The summed E-state index contributed by atoms with van der Waals surface area (Å²) in [6.45, 7) is -0.183. The third kappa shape index (κ3) is 1.97. The van der Waals surface area contributed by atoms with Gasteiger partial charge in [0, 0.05) is 11.1 Å². The van der Waals surface area contributed by atoms with Gasteiger partial charge in [0.05, 0.1) is 19.2 Å². The smallest absolute Gasteiger partial charge is 0.180 e. The summed E-state index contributed by atoms with van der Waals surface area (Å²) in [7, 11) is 1.38. The fraction of sp³-hybridized carbons (Fsp3) is 0.222. The molecule has 0 fully saturated rings. The predicted octanol–water partition coefficient (Wildman–Crippen LogP) is 1.20. The molecule has 14 heavy (non-hydrogen) atoms. The van der Waals surface area contributed by atoms with Crippen molar-refractivity contribution in [3.8, 4) is 11.5 Å². The second-order valence-electron chi connectivity index (χ2n) is 2.63. The van der Waals surface area contributed by atoms with Crippen LogP contribution >= 0.6 is 11.6 Å². The number of nitrogens with two attached hydrogens (primary N) is 1. The van der Waals surface area contributed by atoms with Crippen LogP contribution in [0.25, 0.3) is 0 Å². The summed E-state index contributed by atoms with van der Waals surface area (Å²) in [6, 6.07) is 2.78. The van der Waals surface area contributed by atoms with Crippen LogP contribution in [0, 0.1) is 0 Å². The van der Waals surface area contributed by atoms with Gasteiger partial charge >= 0.3 is 0 Å². The second-order valence-corrected chi connectivity index (χ2v) is 3.07. The number of Topliss-reactive ketones (excluding diaryl/α,β-unsaturated/α-hetero) is 1. The van der Waals surface area contributed by atoms with E-state index in [2.05, 4.69) is 0 Å². The van der Waals surface area contributed by atoms with Crippen molar-refractivity contribution in [2.45, 2.75) is 0 Å². The first-order valence-electron chi connectivity index (χ1n) is 3.90. The van der Waals surface area contributed by atoms with Crippen LogP contribution in [-0.4, -0.2) is 24.5 Å². The van der Waals surface area contributed by atoms with Gasteiger partial charge in [-0.2, -0.15) is 0 Å². The van der Waals surface area contributed by atoms with E-state index in [4.69, 9.17) is 22.1 Å². The lowest BCUT2D eigenvalue weighted by Crippen LogP contribution is -2.13. The number of phenolic OH excluding ortho intramolecular Hbond substituents is 1. The first-order chi connectivity index (χ1) is 6.60. The molecular formula is C9H10ClNO3. The molecule has 0 bridgehead atoms. The molecule has 0 unspecified atom stereocenters. The highest BCUT2D eigenvalue weighted by atomic mass is 35.5. The number of ether oxygens (including phenoxy) is 1. The Kier molecular flexibility index (Phi) is 3.33. The molecule has 0 radical (unpaired) electrons. The molecule has 1 rings (SSSR count). The van der Waals surface area contributed by atoms with E-state index >= 15 is 0 Å². The Balaban J connectivity index is 3.29. The van der Waals surface area contributed by atoms with E-state index in [-0.39, 0.29) is 29.4 Å². The molecular weight excluding hydrogens is 206 g/mol. The van der Waals surface area contributed by atoms with Crippen molar-refractivity contribution in [2.75, 3.05) is 13.7 Å². The van der Waals surface area contributed by atoms with Crippen LogP contribution in [0.3, 0.4) is 0 Å².